The molecule has 0 aliphatic heterocycles. The molecule has 0 fully saturated rings. The number of rotatable bonds is 10. The Kier molecular flexibility index (Phi) is 8.00. The van der Waals surface area contributed by atoms with Crippen LogP contribution in [-0.4, -0.2) is 26.2 Å². The molecule has 0 aliphatic rings. The first-order valence-electron chi connectivity index (χ1n) is 9.25. The lowest BCUT2D eigenvalue weighted by atomic mass is 10.1. The van der Waals surface area contributed by atoms with Crippen LogP contribution in [0.4, 0.5) is 0 Å². The summed E-state index contributed by atoms with van der Waals surface area (Å²) in [6.07, 6.45) is 3.16. The molecule has 140 valence electrons. The van der Waals surface area contributed by atoms with Crippen molar-refractivity contribution in [1.29, 1.82) is 0 Å². The van der Waals surface area contributed by atoms with Gasteiger partial charge in [-0.25, -0.2) is 0 Å². The van der Waals surface area contributed by atoms with Gasteiger partial charge in [-0.1, -0.05) is 37.3 Å². The smallest absolute Gasteiger partial charge is 0.224 e. The Bertz CT molecular complexity index is 712. The van der Waals surface area contributed by atoms with Crippen LogP contribution in [-0.2, 0) is 17.6 Å². The molecule has 0 unspecified atom stereocenters. The number of methoxy groups -OCH3 is 1. The second-order valence-corrected chi connectivity index (χ2v) is 6.39. The summed E-state index contributed by atoms with van der Waals surface area (Å²) in [5, 5.41) is 3.00. The van der Waals surface area contributed by atoms with Gasteiger partial charge in [-0.05, 0) is 55.0 Å². The average Bonchev–Trinajstić information content (AvgIpc) is 2.64. The van der Waals surface area contributed by atoms with Gasteiger partial charge in [0, 0.05) is 6.54 Å². The van der Waals surface area contributed by atoms with E-state index in [9.17, 15) is 4.79 Å². The Labute approximate surface area is 156 Å². The van der Waals surface area contributed by atoms with Crippen molar-refractivity contribution in [3.63, 3.8) is 0 Å². The number of amides is 1. The van der Waals surface area contributed by atoms with Gasteiger partial charge in [0.2, 0.25) is 5.91 Å². The molecule has 1 amide bonds. The van der Waals surface area contributed by atoms with E-state index in [1.165, 1.54) is 5.56 Å². The first-order valence-corrected chi connectivity index (χ1v) is 9.25. The Morgan fingerprint density at radius 1 is 1.12 bits per heavy atom. The molecule has 2 aromatic carbocycles. The zero-order valence-electron chi connectivity index (χ0n) is 16.0. The molecule has 0 atom stereocenters. The van der Waals surface area contributed by atoms with Gasteiger partial charge in [-0.2, -0.15) is 0 Å². The van der Waals surface area contributed by atoms with E-state index in [2.05, 4.69) is 18.3 Å². The van der Waals surface area contributed by atoms with Crippen molar-refractivity contribution in [2.75, 3.05) is 20.3 Å². The van der Waals surface area contributed by atoms with E-state index >= 15 is 0 Å². The fourth-order valence-corrected chi connectivity index (χ4v) is 2.87. The minimum atomic E-state index is 0.0464. The molecule has 0 spiro atoms. The van der Waals surface area contributed by atoms with Gasteiger partial charge >= 0.3 is 0 Å². The third kappa shape index (κ3) is 6.10. The number of carbonyl (C=O) groups is 1. The van der Waals surface area contributed by atoms with Gasteiger partial charge in [0.25, 0.3) is 0 Å². The molecule has 0 bridgehead atoms. The number of benzene rings is 2. The van der Waals surface area contributed by atoms with Gasteiger partial charge < -0.3 is 14.8 Å². The van der Waals surface area contributed by atoms with Gasteiger partial charge in [0.15, 0.2) is 0 Å². The van der Waals surface area contributed by atoms with E-state index in [1.807, 2.05) is 43.3 Å². The molecule has 2 rings (SSSR count). The van der Waals surface area contributed by atoms with Crippen LogP contribution in [0.15, 0.2) is 42.5 Å². The Balaban J connectivity index is 1.76. The van der Waals surface area contributed by atoms with Crippen molar-refractivity contribution in [3.05, 3.63) is 59.2 Å². The molecule has 0 saturated carbocycles. The molecule has 1 N–H and O–H groups in total. The third-order valence-corrected chi connectivity index (χ3v) is 4.20. The van der Waals surface area contributed by atoms with Crippen LogP contribution in [0, 0.1) is 6.92 Å². The molecule has 0 aromatic heterocycles. The van der Waals surface area contributed by atoms with Crippen LogP contribution < -0.4 is 14.8 Å². The van der Waals surface area contributed by atoms with E-state index in [1.54, 1.807) is 7.11 Å². The number of aryl methyl sites for hydroxylation is 2. The van der Waals surface area contributed by atoms with Crippen molar-refractivity contribution in [1.82, 2.24) is 5.32 Å². The van der Waals surface area contributed by atoms with Crippen molar-refractivity contribution in [3.8, 4) is 11.5 Å². The maximum Gasteiger partial charge on any atom is 0.224 e. The Morgan fingerprint density at radius 2 is 1.92 bits per heavy atom. The summed E-state index contributed by atoms with van der Waals surface area (Å²) in [5.41, 5.74) is 3.24. The van der Waals surface area contributed by atoms with Crippen molar-refractivity contribution < 1.29 is 14.3 Å². The normalized spacial score (nSPS) is 10.4. The third-order valence-electron chi connectivity index (χ3n) is 4.20. The maximum atomic E-state index is 12.1. The Morgan fingerprint density at radius 3 is 2.65 bits per heavy atom. The SMILES string of the molecule is CCCOc1ccccc1CCCNC(=O)Cc1ccc(OC)c(C)c1. The lowest BCUT2D eigenvalue weighted by Gasteiger charge is -2.11. The molecular weight excluding hydrogens is 326 g/mol. The zero-order valence-corrected chi connectivity index (χ0v) is 16.0. The summed E-state index contributed by atoms with van der Waals surface area (Å²) in [4.78, 5) is 12.1. The number of para-hydroxylation sites is 1. The van der Waals surface area contributed by atoms with E-state index in [4.69, 9.17) is 9.47 Å². The number of ether oxygens (including phenoxy) is 2. The van der Waals surface area contributed by atoms with Gasteiger partial charge in [-0.3, -0.25) is 4.79 Å². The minimum absolute atomic E-state index is 0.0464. The van der Waals surface area contributed by atoms with E-state index in [-0.39, 0.29) is 5.91 Å². The highest BCUT2D eigenvalue weighted by Crippen LogP contribution is 2.20. The monoisotopic (exact) mass is 355 g/mol. The molecule has 4 heteroatoms. The predicted octanol–water partition coefficient (Wildman–Crippen LogP) is 4.08. The number of carbonyl (C=O) groups excluding carboxylic acids is 1. The summed E-state index contributed by atoms with van der Waals surface area (Å²) in [6, 6.07) is 14.0. The minimum Gasteiger partial charge on any atom is -0.496 e. The molecule has 0 saturated heterocycles. The highest BCUT2D eigenvalue weighted by molar-refractivity contribution is 5.78. The van der Waals surface area contributed by atoms with Crippen LogP contribution in [0.25, 0.3) is 0 Å². The van der Waals surface area contributed by atoms with E-state index < -0.39 is 0 Å². The number of hydrogen-bond acceptors (Lipinski definition) is 3. The van der Waals surface area contributed by atoms with Crippen LogP contribution in [0.3, 0.4) is 0 Å². The predicted molar refractivity (Wildman–Crippen MR) is 105 cm³/mol. The van der Waals surface area contributed by atoms with Gasteiger partial charge in [0.1, 0.15) is 11.5 Å². The van der Waals surface area contributed by atoms with Crippen molar-refractivity contribution in [2.45, 2.75) is 39.5 Å². The second-order valence-electron chi connectivity index (χ2n) is 6.39. The van der Waals surface area contributed by atoms with E-state index in [0.29, 0.717) is 13.0 Å². The quantitative estimate of drug-likeness (QED) is 0.653. The highest BCUT2D eigenvalue weighted by Gasteiger charge is 2.07. The summed E-state index contributed by atoms with van der Waals surface area (Å²) in [7, 11) is 1.65. The van der Waals surface area contributed by atoms with Crippen LogP contribution in [0.1, 0.15) is 36.5 Å². The van der Waals surface area contributed by atoms with Crippen LogP contribution >= 0.6 is 0 Å². The van der Waals surface area contributed by atoms with E-state index in [0.717, 1.165) is 48.5 Å². The standard InChI is InChI=1S/C22H29NO3/c1-4-14-26-21-10-6-5-8-19(21)9-7-13-23-22(24)16-18-11-12-20(25-3)17(2)15-18/h5-6,8,10-12,15H,4,7,9,13-14,16H2,1-3H3,(H,23,24). The fourth-order valence-electron chi connectivity index (χ4n) is 2.87. The molecule has 0 aliphatic carbocycles. The van der Waals surface area contributed by atoms with Crippen molar-refractivity contribution in [2.24, 2.45) is 0 Å². The lowest BCUT2D eigenvalue weighted by molar-refractivity contribution is -0.120. The lowest BCUT2D eigenvalue weighted by Crippen LogP contribution is -2.26. The number of nitrogens with one attached hydrogen (secondary N) is 1. The average molecular weight is 355 g/mol. The molecule has 2 aromatic rings. The van der Waals surface area contributed by atoms with Gasteiger partial charge in [0.05, 0.1) is 20.1 Å². The Hall–Kier alpha value is -2.49. The van der Waals surface area contributed by atoms with Crippen molar-refractivity contribution >= 4 is 5.91 Å². The van der Waals surface area contributed by atoms with Gasteiger partial charge in [-0.15, -0.1) is 0 Å². The molecule has 4 nitrogen and oxygen atoms in total. The summed E-state index contributed by atoms with van der Waals surface area (Å²) < 4.78 is 11.0. The molecule has 0 radical (unpaired) electrons. The first kappa shape index (κ1) is 19.8. The topological polar surface area (TPSA) is 47.6 Å². The summed E-state index contributed by atoms with van der Waals surface area (Å²) >= 11 is 0. The molecule has 26 heavy (non-hydrogen) atoms. The largest absolute Gasteiger partial charge is 0.496 e. The summed E-state index contributed by atoms with van der Waals surface area (Å²) in [5.74, 6) is 1.84. The summed E-state index contributed by atoms with van der Waals surface area (Å²) in [6.45, 7) is 5.48. The fraction of sp³-hybridized carbons (Fsp3) is 0.409. The van der Waals surface area contributed by atoms with Crippen LogP contribution in [0.2, 0.25) is 0 Å². The van der Waals surface area contributed by atoms with Crippen LogP contribution in [0.5, 0.6) is 11.5 Å². The zero-order chi connectivity index (χ0) is 18.8. The molecule has 0 heterocycles. The number of hydrogen-bond donors (Lipinski definition) is 1. The molecular formula is C22H29NO3. The first-order chi connectivity index (χ1) is 12.6. The second kappa shape index (κ2) is 10.5. The highest BCUT2D eigenvalue weighted by atomic mass is 16.5. The maximum absolute atomic E-state index is 12.1.